The predicted molar refractivity (Wildman–Crippen MR) is 106 cm³/mol. The summed E-state index contributed by atoms with van der Waals surface area (Å²) in [5, 5.41) is 4.84. The number of rotatable bonds is 4. The van der Waals surface area contributed by atoms with Crippen LogP contribution in [0.25, 0.3) is 0 Å². The number of carbonyl (C=O) groups is 1. The van der Waals surface area contributed by atoms with Crippen molar-refractivity contribution < 1.29 is 13.2 Å². The third kappa shape index (κ3) is 3.96. The Balaban J connectivity index is 1.44. The quantitative estimate of drug-likeness (QED) is 0.755. The van der Waals surface area contributed by atoms with Gasteiger partial charge in [-0.25, -0.2) is 13.4 Å². The number of aromatic nitrogens is 1. The molecule has 2 saturated heterocycles. The lowest BCUT2D eigenvalue weighted by Crippen LogP contribution is -2.48. The zero-order valence-corrected chi connectivity index (χ0v) is 17.4. The number of hydrogen-bond acceptors (Lipinski definition) is 6. The lowest BCUT2D eigenvalue weighted by molar-refractivity contribution is -0.137. The average Bonchev–Trinajstić information content (AvgIpc) is 3.41. The summed E-state index contributed by atoms with van der Waals surface area (Å²) in [6.45, 7) is 2.23. The molecule has 0 bridgehead atoms. The van der Waals surface area contributed by atoms with Crippen LogP contribution in [0.2, 0.25) is 0 Å². The van der Waals surface area contributed by atoms with Crippen molar-refractivity contribution >= 4 is 38.6 Å². The van der Waals surface area contributed by atoms with E-state index in [1.807, 2.05) is 16.5 Å². The van der Waals surface area contributed by atoms with E-state index in [9.17, 15) is 13.2 Å². The number of sulfonamides is 1. The summed E-state index contributed by atoms with van der Waals surface area (Å²) in [5.41, 5.74) is 0. The van der Waals surface area contributed by atoms with Crippen molar-refractivity contribution in [3.8, 4) is 0 Å². The summed E-state index contributed by atoms with van der Waals surface area (Å²) >= 11 is 2.87. The van der Waals surface area contributed by atoms with Gasteiger partial charge in [0.25, 0.3) is 10.0 Å². The maximum absolute atomic E-state index is 13.1. The van der Waals surface area contributed by atoms with Gasteiger partial charge in [-0.2, -0.15) is 4.31 Å². The molecule has 2 aromatic heterocycles. The number of hydrogen-bond donors (Lipinski definition) is 0. The first-order chi connectivity index (χ1) is 13.1. The van der Waals surface area contributed by atoms with Crippen LogP contribution in [-0.4, -0.2) is 54.7 Å². The highest BCUT2D eigenvalue weighted by molar-refractivity contribution is 7.91. The standard InChI is InChI=1S/C18H23N3O3S3/c22-18(20-8-1-4-14(12-20)17-19-7-11-26-17)15-5-2-9-21(13-15)27(23,24)16-6-3-10-25-16/h3,6-7,10-11,14-15H,1-2,4-5,8-9,12-13H2. The van der Waals surface area contributed by atoms with E-state index in [1.165, 1.54) is 15.6 Å². The number of thiophene rings is 1. The SMILES string of the molecule is O=C(C1CCCN(S(=O)(=O)c2cccs2)C1)N1CCCC(c2nccs2)C1. The van der Waals surface area contributed by atoms with Crippen LogP contribution in [0.5, 0.6) is 0 Å². The van der Waals surface area contributed by atoms with Crippen molar-refractivity contribution in [1.82, 2.24) is 14.2 Å². The van der Waals surface area contributed by atoms with Crippen LogP contribution < -0.4 is 0 Å². The fourth-order valence-electron chi connectivity index (χ4n) is 3.97. The molecule has 0 aliphatic carbocycles. The molecule has 2 aliphatic rings. The molecule has 9 heteroatoms. The van der Waals surface area contributed by atoms with Gasteiger partial charge in [-0.3, -0.25) is 4.79 Å². The normalized spacial score (nSPS) is 24.8. The number of likely N-dealkylation sites (tertiary alicyclic amines) is 1. The summed E-state index contributed by atoms with van der Waals surface area (Å²) in [7, 11) is -3.49. The third-order valence-corrected chi connectivity index (χ3v) is 9.53. The van der Waals surface area contributed by atoms with E-state index in [0.717, 1.165) is 37.2 Å². The van der Waals surface area contributed by atoms with Gasteiger partial charge in [0.2, 0.25) is 5.91 Å². The van der Waals surface area contributed by atoms with Crippen LogP contribution in [0.1, 0.15) is 36.6 Å². The van der Waals surface area contributed by atoms with Gasteiger partial charge in [0, 0.05) is 43.7 Å². The molecule has 2 aromatic rings. The molecule has 4 heterocycles. The third-order valence-electron chi connectivity index (χ3n) is 5.36. The zero-order valence-electron chi connectivity index (χ0n) is 15.0. The summed E-state index contributed by atoms with van der Waals surface area (Å²) in [4.78, 5) is 19.5. The molecule has 2 unspecified atom stereocenters. The topological polar surface area (TPSA) is 70.6 Å². The minimum absolute atomic E-state index is 0.0994. The largest absolute Gasteiger partial charge is 0.342 e. The molecule has 2 aliphatic heterocycles. The van der Waals surface area contributed by atoms with Gasteiger partial charge in [0.05, 0.1) is 10.9 Å². The molecule has 0 radical (unpaired) electrons. The monoisotopic (exact) mass is 425 g/mol. The molecule has 6 nitrogen and oxygen atoms in total. The van der Waals surface area contributed by atoms with Crippen molar-refractivity contribution in [3.05, 3.63) is 34.1 Å². The van der Waals surface area contributed by atoms with Crippen molar-refractivity contribution in [2.24, 2.45) is 5.92 Å². The molecular weight excluding hydrogens is 402 g/mol. The predicted octanol–water partition coefficient (Wildman–Crippen LogP) is 3.01. The maximum Gasteiger partial charge on any atom is 0.252 e. The Morgan fingerprint density at radius 2 is 1.96 bits per heavy atom. The summed E-state index contributed by atoms with van der Waals surface area (Å²) in [6.07, 6.45) is 5.33. The minimum atomic E-state index is -3.49. The maximum atomic E-state index is 13.1. The minimum Gasteiger partial charge on any atom is -0.342 e. The Labute approximate surface area is 167 Å². The lowest BCUT2D eigenvalue weighted by atomic mass is 9.94. The molecule has 2 fully saturated rings. The number of nitrogens with zero attached hydrogens (tertiary/aromatic N) is 3. The molecular formula is C18H23N3O3S3. The Hall–Kier alpha value is -1.29. The van der Waals surface area contributed by atoms with Crippen molar-refractivity contribution in [1.29, 1.82) is 0 Å². The highest BCUT2D eigenvalue weighted by Gasteiger charge is 2.37. The van der Waals surface area contributed by atoms with Crippen molar-refractivity contribution in [3.63, 3.8) is 0 Å². The summed E-state index contributed by atoms with van der Waals surface area (Å²) in [5.74, 6) is 0.156. The van der Waals surface area contributed by atoms with Crippen LogP contribution in [0.4, 0.5) is 0 Å². The molecule has 146 valence electrons. The highest BCUT2D eigenvalue weighted by atomic mass is 32.2. The number of amides is 1. The van der Waals surface area contributed by atoms with Gasteiger partial charge in [0.15, 0.2) is 0 Å². The van der Waals surface area contributed by atoms with E-state index in [1.54, 1.807) is 28.8 Å². The highest BCUT2D eigenvalue weighted by Crippen LogP contribution is 2.31. The van der Waals surface area contributed by atoms with Crippen LogP contribution in [0, 0.1) is 5.92 Å². The van der Waals surface area contributed by atoms with Gasteiger partial charge >= 0.3 is 0 Å². The Morgan fingerprint density at radius 3 is 2.70 bits per heavy atom. The first kappa shape index (κ1) is 19.0. The van der Waals surface area contributed by atoms with Crippen LogP contribution in [0.3, 0.4) is 0 Å². The fourth-order valence-corrected chi connectivity index (χ4v) is 7.41. The van der Waals surface area contributed by atoms with Crippen molar-refractivity contribution in [2.75, 3.05) is 26.2 Å². The summed E-state index contributed by atoms with van der Waals surface area (Å²) in [6, 6.07) is 3.38. The summed E-state index contributed by atoms with van der Waals surface area (Å²) < 4.78 is 27.5. The second-order valence-electron chi connectivity index (χ2n) is 7.13. The van der Waals surface area contributed by atoms with E-state index in [2.05, 4.69) is 4.98 Å². The molecule has 0 aromatic carbocycles. The van der Waals surface area contributed by atoms with E-state index in [4.69, 9.17) is 0 Å². The number of piperidine rings is 2. The second-order valence-corrected chi connectivity index (χ2v) is 11.2. The Morgan fingerprint density at radius 1 is 1.11 bits per heavy atom. The first-order valence-corrected chi connectivity index (χ1v) is 12.5. The molecule has 4 rings (SSSR count). The van der Waals surface area contributed by atoms with E-state index in [0.29, 0.717) is 23.2 Å². The van der Waals surface area contributed by atoms with Crippen molar-refractivity contribution in [2.45, 2.75) is 35.8 Å². The van der Waals surface area contributed by atoms with Gasteiger partial charge < -0.3 is 4.90 Å². The smallest absolute Gasteiger partial charge is 0.252 e. The number of thiazole rings is 1. The van der Waals surface area contributed by atoms with Gasteiger partial charge in [-0.05, 0) is 37.1 Å². The molecule has 0 spiro atoms. The van der Waals surface area contributed by atoms with E-state index < -0.39 is 10.0 Å². The van der Waals surface area contributed by atoms with E-state index in [-0.39, 0.29) is 18.4 Å². The first-order valence-electron chi connectivity index (χ1n) is 9.27. The number of carbonyl (C=O) groups excluding carboxylic acids is 1. The average molecular weight is 426 g/mol. The van der Waals surface area contributed by atoms with Crippen LogP contribution >= 0.6 is 22.7 Å². The lowest BCUT2D eigenvalue weighted by Gasteiger charge is -2.37. The van der Waals surface area contributed by atoms with Gasteiger partial charge in [-0.1, -0.05) is 6.07 Å². The Bertz CT molecular complexity index is 865. The van der Waals surface area contributed by atoms with Crippen LogP contribution in [-0.2, 0) is 14.8 Å². The molecule has 0 saturated carbocycles. The second kappa shape index (κ2) is 7.98. The van der Waals surface area contributed by atoms with Gasteiger partial charge in [0.1, 0.15) is 4.21 Å². The van der Waals surface area contributed by atoms with Crippen LogP contribution in [0.15, 0.2) is 33.3 Å². The molecule has 2 atom stereocenters. The fraction of sp³-hybridized carbons (Fsp3) is 0.556. The molecule has 27 heavy (non-hydrogen) atoms. The van der Waals surface area contributed by atoms with Gasteiger partial charge in [-0.15, -0.1) is 22.7 Å². The molecule has 1 amide bonds. The Kier molecular flexibility index (Phi) is 5.63. The molecule has 0 N–H and O–H groups in total. The zero-order chi connectivity index (χ0) is 18.9. The van der Waals surface area contributed by atoms with E-state index >= 15 is 0 Å².